The van der Waals surface area contributed by atoms with Crippen molar-refractivity contribution < 1.29 is 4.79 Å². The van der Waals surface area contributed by atoms with E-state index in [2.05, 4.69) is 22.5 Å². The van der Waals surface area contributed by atoms with Crippen LogP contribution in [0.1, 0.15) is 36.5 Å². The van der Waals surface area contributed by atoms with Crippen molar-refractivity contribution in [1.29, 1.82) is 0 Å². The SMILES string of the molecule is CCC(NC(=O)c1ccccc1)C1C2CC(Nc3ccccn3)CC21Cl. The maximum absolute atomic E-state index is 12.5. The van der Waals surface area contributed by atoms with Gasteiger partial charge in [-0.25, -0.2) is 4.98 Å². The molecule has 26 heavy (non-hydrogen) atoms. The average molecular weight is 370 g/mol. The molecule has 5 unspecified atom stereocenters. The molecule has 2 saturated carbocycles. The fourth-order valence-corrected chi connectivity index (χ4v) is 5.23. The van der Waals surface area contributed by atoms with Crippen LogP contribution in [0.15, 0.2) is 54.7 Å². The van der Waals surface area contributed by atoms with Gasteiger partial charge in [0.05, 0.1) is 4.87 Å². The second kappa shape index (κ2) is 6.92. The van der Waals surface area contributed by atoms with Crippen LogP contribution in [0.4, 0.5) is 5.82 Å². The third-order valence-electron chi connectivity index (χ3n) is 5.84. The predicted octanol–water partition coefficient (Wildman–Crippen LogP) is 4.09. The quantitative estimate of drug-likeness (QED) is 0.754. The number of alkyl halides is 1. The van der Waals surface area contributed by atoms with E-state index in [1.165, 1.54) is 0 Å². The van der Waals surface area contributed by atoms with Crippen molar-refractivity contribution in [3.63, 3.8) is 0 Å². The number of carbonyl (C=O) groups excluding carboxylic acids is 1. The summed E-state index contributed by atoms with van der Waals surface area (Å²) < 4.78 is 0. The third kappa shape index (κ3) is 3.18. The summed E-state index contributed by atoms with van der Waals surface area (Å²) in [6, 6.07) is 15.7. The Hall–Kier alpha value is -2.07. The zero-order valence-corrected chi connectivity index (χ0v) is 15.6. The van der Waals surface area contributed by atoms with Gasteiger partial charge in [0.25, 0.3) is 5.91 Å². The molecule has 0 radical (unpaired) electrons. The minimum Gasteiger partial charge on any atom is -0.367 e. The zero-order valence-electron chi connectivity index (χ0n) is 14.9. The Balaban J connectivity index is 1.37. The molecule has 0 aliphatic heterocycles. The third-order valence-corrected chi connectivity index (χ3v) is 6.52. The van der Waals surface area contributed by atoms with Crippen molar-refractivity contribution in [2.75, 3.05) is 5.32 Å². The van der Waals surface area contributed by atoms with E-state index in [1.54, 1.807) is 6.20 Å². The highest BCUT2D eigenvalue weighted by molar-refractivity contribution is 6.27. The van der Waals surface area contributed by atoms with E-state index >= 15 is 0 Å². The van der Waals surface area contributed by atoms with Crippen LogP contribution in [-0.2, 0) is 0 Å². The largest absolute Gasteiger partial charge is 0.367 e. The molecule has 0 spiro atoms. The summed E-state index contributed by atoms with van der Waals surface area (Å²) in [6.45, 7) is 2.12. The maximum Gasteiger partial charge on any atom is 0.251 e. The van der Waals surface area contributed by atoms with Crippen LogP contribution in [0.2, 0.25) is 0 Å². The fourth-order valence-electron chi connectivity index (χ4n) is 4.58. The average Bonchev–Trinajstić information content (AvgIpc) is 3.07. The van der Waals surface area contributed by atoms with Crippen LogP contribution in [-0.4, -0.2) is 27.8 Å². The number of rotatable bonds is 6. The monoisotopic (exact) mass is 369 g/mol. The summed E-state index contributed by atoms with van der Waals surface area (Å²) in [4.78, 5) is 16.6. The van der Waals surface area contributed by atoms with Crippen molar-refractivity contribution in [1.82, 2.24) is 10.3 Å². The molecule has 0 bridgehead atoms. The first-order valence-electron chi connectivity index (χ1n) is 9.34. The molecule has 1 amide bonds. The first-order chi connectivity index (χ1) is 12.6. The first kappa shape index (κ1) is 17.3. The number of hydrogen-bond acceptors (Lipinski definition) is 3. The predicted molar refractivity (Wildman–Crippen MR) is 104 cm³/mol. The van der Waals surface area contributed by atoms with Gasteiger partial charge in [0.2, 0.25) is 0 Å². The molecule has 1 aromatic heterocycles. The molecule has 2 fully saturated rings. The van der Waals surface area contributed by atoms with Gasteiger partial charge in [-0.05, 0) is 49.4 Å². The number of pyridine rings is 1. The summed E-state index contributed by atoms with van der Waals surface area (Å²) >= 11 is 6.96. The van der Waals surface area contributed by atoms with Gasteiger partial charge < -0.3 is 10.6 Å². The molecule has 4 nitrogen and oxygen atoms in total. The van der Waals surface area contributed by atoms with Gasteiger partial charge in [-0.1, -0.05) is 31.2 Å². The van der Waals surface area contributed by atoms with Gasteiger partial charge in [-0.15, -0.1) is 11.6 Å². The second-order valence-corrected chi connectivity index (χ2v) is 8.11. The number of benzene rings is 1. The standard InChI is InChI=1S/C21H24ClN3O/c1-2-17(25-20(26)14-8-4-3-5-9-14)19-16-12-15(13-21(16,19)22)24-18-10-6-7-11-23-18/h3-11,15-17,19H,2,12-13H2,1H3,(H,23,24)(H,25,26). The van der Waals surface area contributed by atoms with Gasteiger partial charge in [0.15, 0.2) is 0 Å². The lowest BCUT2D eigenvalue weighted by molar-refractivity contribution is 0.0928. The zero-order chi connectivity index (χ0) is 18.1. The molecular formula is C21H24ClN3O. The summed E-state index contributed by atoms with van der Waals surface area (Å²) in [5.74, 6) is 1.70. The molecule has 4 rings (SSSR count). The van der Waals surface area contributed by atoms with Crippen LogP contribution in [0.5, 0.6) is 0 Å². The van der Waals surface area contributed by atoms with Crippen molar-refractivity contribution in [2.45, 2.75) is 43.1 Å². The molecule has 0 saturated heterocycles. The normalized spacial score (nSPS) is 30.3. The Bertz CT molecular complexity index is 769. The first-order valence-corrected chi connectivity index (χ1v) is 9.72. The molecule has 1 aromatic carbocycles. The molecule has 136 valence electrons. The minimum atomic E-state index is -0.197. The summed E-state index contributed by atoms with van der Waals surface area (Å²) in [6.07, 6.45) is 4.64. The number of fused-ring (bicyclic) bond motifs is 1. The topological polar surface area (TPSA) is 54.0 Å². The van der Waals surface area contributed by atoms with Crippen molar-refractivity contribution >= 4 is 23.3 Å². The smallest absolute Gasteiger partial charge is 0.251 e. The van der Waals surface area contributed by atoms with Crippen LogP contribution < -0.4 is 10.6 Å². The Morgan fingerprint density at radius 2 is 2.04 bits per heavy atom. The molecule has 1 heterocycles. The Labute approximate surface area is 159 Å². The number of hydrogen-bond donors (Lipinski definition) is 2. The highest BCUT2D eigenvalue weighted by atomic mass is 35.5. The Morgan fingerprint density at radius 3 is 2.65 bits per heavy atom. The van der Waals surface area contributed by atoms with E-state index < -0.39 is 0 Å². The van der Waals surface area contributed by atoms with Crippen LogP contribution in [0.25, 0.3) is 0 Å². The van der Waals surface area contributed by atoms with Crippen LogP contribution in [0.3, 0.4) is 0 Å². The molecule has 2 N–H and O–H groups in total. The molecule has 5 atom stereocenters. The van der Waals surface area contributed by atoms with Crippen molar-refractivity contribution in [2.24, 2.45) is 11.8 Å². The van der Waals surface area contributed by atoms with Crippen LogP contribution >= 0.6 is 11.6 Å². The highest BCUT2D eigenvalue weighted by Gasteiger charge is 2.70. The Kier molecular flexibility index (Phi) is 4.62. The fraction of sp³-hybridized carbons (Fsp3) is 0.429. The summed E-state index contributed by atoms with van der Waals surface area (Å²) in [5.41, 5.74) is 0.704. The van der Waals surface area contributed by atoms with Crippen molar-refractivity contribution in [3.8, 4) is 0 Å². The summed E-state index contributed by atoms with van der Waals surface area (Å²) in [7, 11) is 0. The lowest BCUT2D eigenvalue weighted by Gasteiger charge is -2.24. The number of carbonyl (C=O) groups is 1. The number of halogens is 1. The van der Waals surface area contributed by atoms with Gasteiger partial charge in [-0.2, -0.15) is 0 Å². The van der Waals surface area contributed by atoms with E-state index in [9.17, 15) is 4.79 Å². The summed E-state index contributed by atoms with van der Waals surface area (Å²) in [5, 5.41) is 6.70. The second-order valence-electron chi connectivity index (χ2n) is 7.41. The van der Waals surface area contributed by atoms with Crippen LogP contribution in [0, 0.1) is 11.8 Å². The molecule has 5 heteroatoms. The van der Waals surface area contributed by atoms with Gasteiger partial charge >= 0.3 is 0 Å². The highest BCUT2D eigenvalue weighted by Crippen LogP contribution is 2.67. The minimum absolute atomic E-state index is 0.00847. The number of nitrogens with one attached hydrogen (secondary N) is 2. The molecule has 2 aliphatic rings. The number of aromatic nitrogens is 1. The number of amides is 1. The lowest BCUT2D eigenvalue weighted by Crippen LogP contribution is -2.39. The van der Waals surface area contributed by atoms with E-state index in [4.69, 9.17) is 11.6 Å². The lowest BCUT2D eigenvalue weighted by atomic mass is 9.98. The van der Waals surface area contributed by atoms with Crippen molar-refractivity contribution in [3.05, 3.63) is 60.3 Å². The van der Waals surface area contributed by atoms with E-state index in [0.29, 0.717) is 23.4 Å². The van der Waals surface area contributed by atoms with E-state index in [0.717, 1.165) is 25.1 Å². The Morgan fingerprint density at radius 1 is 1.27 bits per heavy atom. The van der Waals surface area contributed by atoms with E-state index in [1.807, 2.05) is 48.5 Å². The van der Waals surface area contributed by atoms with Gasteiger partial charge in [0.1, 0.15) is 5.82 Å². The maximum atomic E-state index is 12.5. The van der Waals surface area contributed by atoms with E-state index in [-0.39, 0.29) is 16.8 Å². The van der Waals surface area contributed by atoms with Gasteiger partial charge in [-0.3, -0.25) is 4.79 Å². The molecular weight excluding hydrogens is 346 g/mol. The number of nitrogens with zero attached hydrogens (tertiary/aromatic N) is 1. The number of anilines is 1. The molecule has 2 aliphatic carbocycles. The molecule has 2 aromatic rings. The van der Waals surface area contributed by atoms with Gasteiger partial charge in [0, 0.05) is 29.8 Å².